The molecule has 0 aliphatic carbocycles. The Bertz CT molecular complexity index is 976. The highest BCUT2D eigenvalue weighted by molar-refractivity contribution is 7.92. The highest BCUT2D eigenvalue weighted by Crippen LogP contribution is 2.35. The van der Waals surface area contributed by atoms with Crippen LogP contribution in [0.1, 0.15) is 25.2 Å². The zero-order valence-corrected chi connectivity index (χ0v) is 15.5. The Morgan fingerprint density at radius 1 is 1.28 bits per heavy atom. The van der Waals surface area contributed by atoms with Gasteiger partial charge in [0.15, 0.2) is 5.60 Å². The summed E-state index contributed by atoms with van der Waals surface area (Å²) in [5, 5.41) is 6.88. The Morgan fingerprint density at radius 3 is 2.56 bits per heavy atom. The van der Waals surface area contributed by atoms with Crippen LogP contribution in [0.5, 0.6) is 5.75 Å². The van der Waals surface area contributed by atoms with Gasteiger partial charge in [0.2, 0.25) is 0 Å². The van der Waals surface area contributed by atoms with Crippen molar-refractivity contribution in [2.75, 3.05) is 10.0 Å². The molecule has 0 bridgehead atoms. The van der Waals surface area contributed by atoms with Crippen LogP contribution in [0.15, 0.2) is 23.1 Å². The molecule has 3 rings (SSSR count). The first-order chi connectivity index (χ1) is 11.5. The fourth-order valence-corrected chi connectivity index (χ4v) is 3.77. The fourth-order valence-electron chi connectivity index (χ4n) is 2.57. The highest BCUT2D eigenvalue weighted by atomic mass is 32.2. The van der Waals surface area contributed by atoms with Gasteiger partial charge in [-0.05, 0) is 45.9 Å². The van der Waals surface area contributed by atoms with Gasteiger partial charge in [-0.15, -0.1) is 0 Å². The normalized spacial score (nSPS) is 16.0. The minimum absolute atomic E-state index is 0.0255. The number of aromatic nitrogens is 2. The minimum Gasteiger partial charge on any atom is -0.476 e. The largest absolute Gasteiger partial charge is 0.476 e. The number of carbonyl (C=O) groups is 1. The molecule has 1 amide bonds. The van der Waals surface area contributed by atoms with Crippen molar-refractivity contribution in [3.05, 3.63) is 29.6 Å². The van der Waals surface area contributed by atoms with E-state index >= 15 is 0 Å². The van der Waals surface area contributed by atoms with Crippen molar-refractivity contribution in [2.24, 2.45) is 7.05 Å². The molecule has 1 aliphatic heterocycles. The van der Waals surface area contributed by atoms with Gasteiger partial charge in [-0.1, -0.05) is 0 Å². The van der Waals surface area contributed by atoms with Gasteiger partial charge in [0, 0.05) is 7.05 Å². The Morgan fingerprint density at radius 2 is 1.96 bits per heavy atom. The van der Waals surface area contributed by atoms with Crippen molar-refractivity contribution in [3.63, 3.8) is 0 Å². The van der Waals surface area contributed by atoms with Gasteiger partial charge in [-0.3, -0.25) is 14.2 Å². The Kier molecular flexibility index (Phi) is 3.79. The second kappa shape index (κ2) is 5.48. The van der Waals surface area contributed by atoms with Crippen molar-refractivity contribution < 1.29 is 17.9 Å². The molecule has 1 aromatic heterocycles. The van der Waals surface area contributed by atoms with Crippen molar-refractivity contribution in [2.45, 2.75) is 38.2 Å². The lowest BCUT2D eigenvalue weighted by atomic mass is 10.1. The Labute approximate surface area is 146 Å². The van der Waals surface area contributed by atoms with Crippen LogP contribution in [-0.4, -0.2) is 29.7 Å². The molecule has 2 heterocycles. The average molecular weight is 364 g/mol. The predicted octanol–water partition coefficient (Wildman–Crippen LogP) is 1.95. The van der Waals surface area contributed by atoms with Gasteiger partial charge in [-0.2, -0.15) is 5.10 Å². The summed E-state index contributed by atoms with van der Waals surface area (Å²) in [6.07, 6.45) is 0. The number of nitrogens with one attached hydrogen (secondary N) is 2. The maximum Gasteiger partial charge on any atom is 0.268 e. The van der Waals surface area contributed by atoms with E-state index in [2.05, 4.69) is 15.1 Å². The summed E-state index contributed by atoms with van der Waals surface area (Å²) in [6, 6.07) is 4.36. The average Bonchev–Trinajstić information content (AvgIpc) is 2.74. The molecule has 0 saturated heterocycles. The lowest BCUT2D eigenvalue weighted by molar-refractivity contribution is -0.129. The third-order valence-electron chi connectivity index (χ3n) is 4.17. The molecule has 0 unspecified atom stereocenters. The number of hydrogen-bond acceptors (Lipinski definition) is 5. The second-order valence-corrected chi connectivity index (χ2v) is 8.18. The number of hydrogen-bond donors (Lipinski definition) is 2. The van der Waals surface area contributed by atoms with Gasteiger partial charge in [0.25, 0.3) is 15.9 Å². The van der Waals surface area contributed by atoms with E-state index in [1.54, 1.807) is 39.4 Å². The Hall–Kier alpha value is -2.55. The topological polar surface area (TPSA) is 102 Å². The number of amides is 1. The maximum atomic E-state index is 12.7. The van der Waals surface area contributed by atoms with E-state index in [1.165, 1.54) is 18.2 Å². The molecule has 0 fully saturated rings. The van der Waals surface area contributed by atoms with E-state index in [0.29, 0.717) is 28.5 Å². The summed E-state index contributed by atoms with van der Waals surface area (Å²) in [5.41, 5.74) is 1.06. The molecular formula is C16H20N4O4S. The standard InChI is InChI=1S/C16H20N4O4S/c1-9-14(10(2)20(5)18-9)19-25(22,23)11-6-7-13-12(8-11)17-15(21)16(3,4)24-13/h6-8,19H,1-5H3,(H,17,21). The lowest BCUT2D eigenvalue weighted by Crippen LogP contribution is -2.45. The smallest absolute Gasteiger partial charge is 0.268 e. The van der Waals surface area contributed by atoms with Crippen LogP contribution in [0, 0.1) is 13.8 Å². The van der Waals surface area contributed by atoms with Crippen LogP contribution >= 0.6 is 0 Å². The fraction of sp³-hybridized carbons (Fsp3) is 0.375. The number of rotatable bonds is 3. The first-order valence-electron chi connectivity index (χ1n) is 7.69. The van der Waals surface area contributed by atoms with Crippen molar-refractivity contribution in [1.82, 2.24) is 9.78 Å². The zero-order valence-electron chi connectivity index (χ0n) is 14.7. The molecule has 0 radical (unpaired) electrons. The molecule has 2 N–H and O–H groups in total. The first-order valence-corrected chi connectivity index (χ1v) is 9.17. The number of carbonyl (C=O) groups excluding carboxylic acids is 1. The molecule has 25 heavy (non-hydrogen) atoms. The summed E-state index contributed by atoms with van der Waals surface area (Å²) >= 11 is 0. The molecule has 2 aromatic rings. The number of ether oxygens (including phenoxy) is 1. The van der Waals surface area contributed by atoms with Crippen LogP contribution in [0.2, 0.25) is 0 Å². The molecule has 1 aliphatic rings. The molecule has 134 valence electrons. The van der Waals surface area contributed by atoms with Crippen LogP contribution in [-0.2, 0) is 21.9 Å². The number of anilines is 2. The van der Waals surface area contributed by atoms with E-state index in [9.17, 15) is 13.2 Å². The van der Waals surface area contributed by atoms with E-state index in [4.69, 9.17) is 4.74 Å². The van der Waals surface area contributed by atoms with Gasteiger partial charge < -0.3 is 10.1 Å². The zero-order chi connectivity index (χ0) is 18.6. The summed E-state index contributed by atoms with van der Waals surface area (Å²) in [4.78, 5) is 12.0. The second-order valence-electron chi connectivity index (χ2n) is 6.50. The van der Waals surface area contributed by atoms with E-state index in [-0.39, 0.29) is 10.8 Å². The van der Waals surface area contributed by atoms with Gasteiger partial charge in [0.05, 0.1) is 27.7 Å². The van der Waals surface area contributed by atoms with E-state index in [1.807, 2.05) is 0 Å². The molecular weight excluding hydrogens is 344 g/mol. The summed E-state index contributed by atoms with van der Waals surface area (Å²) in [6.45, 7) is 6.80. The van der Waals surface area contributed by atoms with Crippen LogP contribution in [0.3, 0.4) is 0 Å². The van der Waals surface area contributed by atoms with Crippen molar-refractivity contribution in [3.8, 4) is 5.75 Å². The van der Waals surface area contributed by atoms with Gasteiger partial charge >= 0.3 is 0 Å². The van der Waals surface area contributed by atoms with E-state index < -0.39 is 15.6 Å². The number of nitrogens with zero attached hydrogens (tertiary/aromatic N) is 2. The third-order valence-corrected chi connectivity index (χ3v) is 5.51. The number of benzene rings is 1. The summed E-state index contributed by atoms with van der Waals surface area (Å²) in [5.74, 6) is 0.0961. The Balaban J connectivity index is 1.97. The number of fused-ring (bicyclic) bond motifs is 1. The quantitative estimate of drug-likeness (QED) is 0.867. The summed E-state index contributed by atoms with van der Waals surface area (Å²) < 4.78 is 35.2. The number of sulfonamides is 1. The van der Waals surface area contributed by atoms with Crippen molar-refractivity contribution in [1.29, 1.82) is 0 Å². The minimum atomic E-state index is -3.83. The monoisotopic (exact) mass is 364 g/mol. The van der Waals surface area contributed by atoms with Gasteiger partial charge in [0.1, 0.15) is 5.75 Å². The highest BCUT2D eigenvalue weighted by Gasteiger charge is 2.36. The molecule has 0 spiro atoms. The molecule has 0 saturated carbocycles. The predicted molar refractivity (Wildman–Crippen MR) is 93.3 cm³/mol. The lowest BCUT2D eigenvalue weighted by Gasteiger charge is -2.31. The van der Waals surface area contributed by atoms with Crippen molar-refractivity contribution >= 4 is 27.3 Å². The molecule has 0 atom stereocenters. The van der Waals surface area contributed by atoms with Crippen LogP contribution in [0.25, 0.3) is 0 Å². The third kappa shape index (κ3) is 2.95. The van der Waals surface area contributed by atoms with Crippen LogP contribution in [0.4, 0.5) is 11.4 Å². The molecule has 9 heteroatoms. The number of aryl methyl sites for hydroxylation is 2. The van der Waals surface area contributed by atoms with Crippen LogP contribution < -0.4 is 14.8 Å². The first kappa shape index (κ1) is 17.3. The SMILES string of the molecule is Cc1nn(C)c(C)c1NS(=O)(=O)c1ccc2c(c1)NC(=O)C(C)(C)O2. The van der Waals surface area contributed by atoms with E-state index in [0.717, 1.165) is 0 Å². The molecule has 8 nitrogen and oxygen atoms in total. The maximum absolute atomic E-state index is 12.7. The van der Waals surface area contributed by atoms with Gasteiger partial charge in [-0.25, -0.2) is 8.42 Å². The summed E-state index contributed by atoms with van der Waals surface area (Å²) in [7, 11) is -2.09. The molecule has 1 aromatic carbocycles.